The van der Waals surface area contributed by atoms with Gasteiger partial charge in [-0.05, 0) is 56.3 Å². The molecule has 1 aliphatic carbocycles. The van der Waals surface area contributed by atoms with Gasteiger partial charge in [0.05, 0.1) is 0 Å². The van der Waals surface area contributed by atoms with Crippen LogP contribution in [0.3, 0.4) is 0 Å². The van der Waals surface area contributed by atoms with Crippen molar-refractivity contribution in [2.75, 3.05) is 0 Å². The molecular weight excluding hydrogens is 380 g/mol. The largest absolute Gasteiger partial charge is 0.0619 e. The molecule has 4 aromatic rings. The lowest BCUT2D eigenvalue weighted by atomic mass is 9.68. The number of hydrogen-bond acceptors (Lipinski definition) is 0. The van der Waals surface area contributed by atoms with E-state index in [4.69, 9.17) is 0 Å². The first-order chi connectivity index (χ1) is 12.6. The van der Waals surface area contributed by atoms with Crippen LogP contribution in [0, 0.1) is 0 Å². The molecular formula is C25H19Br. The Bertz CT molecular complexity index is 1170. The molecule has 0 N–H and O–H groups in total. The van der Waals surface area contributed by atoms with Crippen LogP contribution in [0.2, 0.25) is 0 Å². The Labute approximate surface area is 162 Å². The van der Waals surface area contributed by atoms with Crippen LogP contribution in [-0.4, -0.2) is 0 Å². The van der Waals surface area contributed by atoms with Crippen molar-refractivity contribution in [3.8, 4) is 22.3 Å². The molecule has 0 fully saturated rings. The third-order valence-corrected chi connectivity index (χ3v) is 6.23. The van der Waals surface area contributed by atoms with E-state index in [-0.39, 0.29) is 5.41 Å². The molecule has 0 saturated heterocycles. The second-order valence-electron chi connectivity index (χ2n) is 7.57. The molecule has 26 heavy (non-hydrogen) atoms. The van der Waals surface area contributed by atoms with Gasteiger partial charge in [-0.3, -0.25) is 0 Å². The second-order valence-corrected chi connectivity index (χ2v) is 8.49. The minimum atomic E-state index is -0.000994. The number of halogens is 1. The van der Waals surface area contributed by atoms with Gasteiger partial charge in [0.1, 0.15) is 0 Å². The van der Waals surface area contributed by atoms with E-state index in [0.29, 0.717) is 0 Å². The summed E-state index contributed by atoms with van der Waals surface area (Å²) in [6.07, 6.45) is 0. The van der Waals surface area contributed by atoms with Crippen LogP contribution in [-0.2, 0) is 5.41 Å². The predicted molar refractivity (Wildman–Crippen MR) is 115 cm³/mol. The summed E-state index contributed by atoms with van der Waals surface area (Å²) in [6, 6.07) is 28.8. The van der Waals surface area contributed by atoms with E-state index < -0.39 is 0 Å². The van der Waals surface area contributed by atoms with Crippen LogP contribution in [0.15, 0.2) is 83.3 Å². The van der Waals surface area contributed by atoms with Gasteiger partial charge in [0, 0.05) is 9.89 Å². The Hall–Kier alpha value is -2.38. The van der Waals surface area contributed by atoms with E-state index in [1.165, 1.54) is 44.2 Å². The van der Waals surface area contributed by atoms with Gasteiger partial charge in [-0.2, -0.15) is 0 Å². The third kappa shape index (κ3) is 2.13. The van der Waals surface area contributed by atoms with Gasteiger partial charge < -0.3 is 0 Å². The summed E-state index contributed by atoms with van der Waals surface area (Å²) in [5.41, 5.74) is 8.09. The Balaban J connectivity index is 1.92. The Morgan fingerprint density at radius 2 is 1.38 bits per heavy atom. The first-order valence-corrected chi connectivity index (χ1v) is 9.79. The van der Waals surface area contributed by atoms with Crippen molar-refractivity contribution in [1.29, 1.82) is 0 Å². The molecule has 0 atom stereocenters. The van der Waals surface area contributed by atoms with Gasteiger partial charge in [0.2, 0.25) is 0 Å². The number of benzene rings is 4. The van der Waals surface area contributed by atoms with Crippen LogP contribution in [0.5, 0.6) is 0 Å². The molecule has 0 spiro atoms. The van der Waals surface area contributed by atoms with Crippen molar-refractivity contribution in [3.05, 3.63) is 94.5 Å². The van der Waals surface area contributed by atoms with Crippen LogP contribution in [0.25, 0.3) is 33.0 Å². The topological polar surface area (TPSA) is 0 Å². The third-order valence-electron chi connectivity index (χ3n) is 5.74. The fourth-order valence-corrected chi connectivity index (χ4v) is 4.87. The molecule has 0 radical (unpaired) electrons. The fraction of sp³-hybridized carbons (Fsp3) is 0.120. The smallest absolute Gasteiger partial charge is 0.0181 e. The molecule has 0 heterocycles. The average molecular weight is 399 g/mol. The summed E-state index contributed by atoms with van der Waals surface area (Å²) in [6.45, 7) is 4.69. The quantitative estimate of drug-likeness (QED) is 0.310. The molecule has 1 aliphatic rings. The molecule has 0 aliphatic heterocycles. The molecule has 0 bridgehead atoms. The average Bonchev–Trinajstić information content (AvgIpc) is 2.66. The van der Waals surface area contributed by atoms with E-state index in [0.717, 1.165) is 4.47 Å². The first kappa shape index (κ1) is 15.8. The zero-order valence-electron chi connectivity index (χ0n) is 14.9. The number of fused-ring (bicyclic) bond motifs is 2. The molecule has 126 valence electrons. The summed E-state index contributed by atoms with van der Waals surface area (Å²) in [5.74, 6) is 0. The Morgan fingerprint density at radius 3 is 2.23 bits per heavy atom. The van der Waals surface area contributed by atoms with E-state index in [2.05, 4.69) is 109 Å². The van der Waals surface area contributed by atoms with Crippen molar-refractivity contribution in [2.24, 2.45) is 0 Å². The van der Waals surface area contributed by atoms with E-state index in [1.807, 2.05) is 0 Å². The maximum Gasteiger partial charge on any atom is 0.0181 e. The summed E-state index contributed by atoms with van der Waals surface area (Å²) >= 11 is 3.62. The van der Waals surface area contributed by atoms with Crippen molar-refractivity contribution < 1.29 is 0 Å². The van der Waals surface area contributed by atoms with E-state index in [1.54, 1.807) is 0 Å². The highest BCUT2D eigenvalue weighted by molar-refractivity contribution is 9.10. The zero-order valence-corrected chi connectivity index (χ0v) is 16.5. The molecule has 0 nitrogen and oxygen atoms in total. The molecule has 0 unspecified atom stereocenters. The maximum absolute atomic E-state index is 3.62. The van der Waals surface area contributed by atoms with Crippen LogP contribution in [0.1, 0.15) is 25.0 Å². The van der Waals surface area contributed by atoms with Crippen LogP contribution >= 0.6 is 15.9 Å². The van der Waals surface area contributed by atoms with Crippen molar-refractivity contribution >= 4 is 26.7 Å². The molecule has 5 rings (SSSR count). The van der Waals surface area contributed by atoms with Crippen molar-refractivity contribution in [3.63, 3.8) is 0 Å². The molecule has 4 aromatic carbocycles. The highest BCUT2D eigenvalue weighted by atomic mass is 79.9. The normalized spacial score (nSPS) is 14.3. The van der Waals surface area contributed by atoms with Crippen molar-refractivity contribution in [1.82, 2.24) is 0 Å². The molecule has 0 aromatic heterocycles. The Morgan fingerprint density at radius 1 is 0.654 bits per heavy atom. The number of rotatable bonds is 1. The highest BCUT2D eigenvalue weighted by Gasteiger charge is 2.33. The number of hydrogen-bond donors (Lipinski definition) is 0. The summed E-state index contributed by atoms with van der Waals surface area (Å²) in [4.78, 5) is 0. The lowest BCUT2D eigenvalue weighted by Gasteiger charge is -2.35. The van der Waals surface area contributed by atoms with Crippen LogP contribution < -0.4 is 0 Å². The zero-order chi connectivity index (χ0) is 17.9. The highest BCUT2D eigenvalue weighted by Crippen LogP contribution is 2.49. The lowest BCUT2D eigenvalue weighted by Crippen LogP contribution is -2.23. The van der Waals surface area contributed by atoms with E-state index >= 15 is 0 Å². The van der Waals surface area contributed by atoms with Crippen LogP contribution in [0.4, 0.5) is 0 Å². The van der Waals surface area contributed by atoms with Gasteiger partial charge in [-0.25, -0.2) is 0 Å². The van der Waals surface area contributed by atoms with Gasteiger partial charge >= 0.3 is 0 Å². The maximum atomic E-state index is 3.62. The molecule has 0 saturated carbocycles. The Kier molecular flexibility index (Phi) is 3.39. The summed E-state index contributed by atoms with van der Waals surface area (Å²) in [5, 5.41) is 2.73. The first-order valence-electron chi connectivity index (χ1n) is 8.99. The second kappa shape index (κ2) is 5.56. The fourth-order valence-electron chi connectivity index (χ4n) is 4.47. The predicted octanol–water partition coefficient (Wildman–Crippen LogP) is 7.58. The van der Waals surface area contributed by atoms with Crippen molar-refractivity contribution in [2.45, 2.75) is 19.3 Å². The monoisotopic (exact) mass is 398 g/mol. The standard InChI is InChI=1S/C25H19Br/c1-25(2)22-11-4-3-9-19(22)21-14-13-18(16-7-5-8-17(26)15-16)20-10-6-12-23(25)24(20)21/h3-15H,1-2H3. The summed E-state index contributed by atoms with van der Waals surface area (Å²) in [7, 11) is 0. The van der Waals surface area contributed by atoms with Gasteiger partial charge in [0.15, 0.2) is 0 Å². The summed E-state index contributed by atoms with van der Waals surface area (Å²) < 4.78 is 1.11. The SMILES string of the molecule is CC1(C)c2ccccc2-c2ccc(-c3cccc(Br)c3)c3cccc1c23. The minimum Gasteiger partial charge on any atom is -0.0619 e. The van der Waals surface area contributed by atoms with Gasteiger partial charge in [-0.1, -0.05) is 96.5 Å². The minimum absolute atomic E-state index is 0.000994. The molecule has 0 amide bonds. The molecule has 1 heteroatoms. The van der Waals surface area contributed by atoms with Gasteiger partial charge in [0.25, 0.3) is 0 Å². The lowest BCUT2D eigenvalue weighted by molar-refractivity contribution is 0.645. The van der Waals surface area contributed by atoms with E-state index in [9.17, 15) is 0 Å². The van der Waals surface area contributed by atoms with Gasteiger partial charge in [-0.15, -0.1) is 0 Å².